The number of hydrogen-bond acceptors (Lipinski definition) is 12. The Morgan fingerprint density at radius 1 is 0.922 bits per heavy atom. The van der Waals surface area contributed by atoms with Gasteiger partial charge in [0, 0.05) is 21.3 Å². The zero-order chi connectivity index (χ0) is 37.3. The third kappa shape index (κ3) is 7.91. The number of ether oxygens (including phenoxy) is 5. The molecule has 5 aliphatic rings. The largest absolute Gasteiger partial charge is 0.458 e. The average Bonchev–Trinajstić information content (AvgIpc) is 3.61. The van der Waals surface area contributed by atoms with E-state index in [1.165, 1.54) is 0 Å². The highest BCUT2D eigenvalue weighted by Crippen LogP contribution is 2.58. The van der Waals surface area contributed by atoms with Gasteiger partial charge in [-0.3, -0.25) is 0 Å². The molecule has 8 unspecified atom stereocenters. The van der Waals surface area contributed by atoms with Gasteiger partial charge in [0.2, 0.25) is 0 Å². The summed E-state index contributed by atoms with van der Waals surface area (Å²) in [6.07, 6.45) is -0.862. The van der Waals surface area contributed by atoms with Gasteiger partial charge in [-0.25, -0.2) is 4.79 Å². The Labute approximate surface area is 299 Å². The van der Waals surface area contributed by atoms with Crippen LogP contribution in [0.5, 0.6) is 0 Å². The van der Waals surface area contributed by atoms with Crippen molar-refractivity contribution in [2.75, 3.05) is 6.61 Å². The zero-order valence-corrected chi connectivity index (χ0v) is 30.6. The molecule has 286 valence electrons. The number of cyclic esters (lactones) is 1. The second kappa shape index (κ2) is 15.9. The van der Waals surface area contributed by atoms with E-state index < -0.39 is 66.9 Å². The molecule has 5 rings (SSSR count). The Balaban J connectivity index is 1.21. The Bertz CT molecular complexity index is 1380. The smallest absolute Gasteiger partial charge is 0.331 e. The summed E-state index contributed by atoms with van der Waals surface area (Å²) in [6.45, 7) is 12.2. The van der Waals surface area contributed by atoms with Gasteiger partial charge in [0.05, 0.1) is 42.1 Å². The molecule has 0 aromatic heterocycles. The maximum Gasteiger partial charge on any atom is 0.331 e. The van der Waals surface area contributed by atoms with Crippen LogP contribution in [-0.2, 0) is 28.5 Å². The Morgan fingerprint density at radius 2 is 1.53 bits per heavy atom. The first kappa shape index (κ1) is 39.7. The van der Waals surface area contributed by atoms with Gasteiger partial charge in [-0.15, -0.1) is 0 Å². The second-order valence-corrected chi connectivity index (χ2v) is 16.1. The first-order valence-electron chi connectivity index (χ1n) is 18.4. The minimum absolute atomic E-state index is 0.0354. The van der Waals surface area contributed by atoms with Crippen LogP contribution in [0.4, 0.5) is 0 Å². The number of esters is 1. The van der Waals surface area contributed by atoms with E-state index in [1.807, 2.05) is 6.92 Å². The number of carbonyl (C=O) groups is 1. The van der Waals surface area contributed by atoms with Crippen molar-refractivity contribution in [3.63, 3.8) is 0 Å². The summed E-state index contributed by atoms with van der Waals surface area (Å²) >= 11 is 0. The van der Waals surface area contributed by atoms with Crippen LogP contribution in [-0.4, -0.2) is 106 Å². The first-order valence-corrected chi connectivity index (χ1v) is 18.4. The molecule has 0 amide bonds. The Hall–Kier alpha value is -2.49. The highest BCUT2D eigenvalue weighted by Gasteiger charge is 2.56. The van der Waals surface area contributed by atoms with E-state index in [0.29, 0.717) is 18.9 Å². The molecular weight excluding hydrogens is 664 g/mol. The molecule has 0 spiro atoms. The zero-order valence-electron chi connectivity index (χ0n) is 30.6. The van der Waals surface area contributed by atoms with Gasteiger partial charge in [0.1, 0.15) is 24.9 Å². The normalized spacial score (nSPS) is 46.4. The Morgan fingerprint density at radius 3 is 2.12 bits per heavy atom. The predicted molar refractivity (Wildman–Crippen MR) is 182 cm³/mol. The number of nitrogens with zero attached hydrogens (tertiary/aromatic N) is 6. The van der Waals surface area contributed by atoms with Crippen molar-refractivity contribution in [2.45, 2.75) is 172 Å². The lowest BCUT2D eigenvalue weighted by Gasteiger charge is -2.48. The summed E-state index contributed by atoms with van der Waals surface area (Å²) in [4.78, 5) is 17.5. The van der Waals surface area contributed by atoms with E-state index in [1.54, 1.807) is 19.9 Å². The summed E-state index contributed by atoms with van der Waals surface area (Å²) in [6, 6.07) is -2.05. The fourth-order valence-electron chi connectivity index (χ4n) is 9.53. The van der Waals surface area contributed by atoms with Crippen LogP contribution in [0.1, 0.15) is 99.3 Å². The molecule has 16 heteroatoms. The van der Waals surface area contributed by atoms with Gasteiger partial charge in [0.15, 0.2) is 12.6 Å². The molecule has 0 radical (unpaired) electrons. The van der Waals surface area contributed by atoms with Crippen molar-refractivity contribution in [2.24, 2.45) is 32.9 Å². The third-order valence-corrected chi connectivity index (χ3v) is 13.2. The van der Waals surface area contributed by atoms with Gasteiger partial charge < -0.3 is 44.1 Å². The van der Waals surface area contributed by atoms with Crippen LogP contribution in [0.25, 0.3) is 20.9 Å². The van der Waals surface area contributed by atoms with E-state index >= 15 is 0 Å². The molecule has 4 N–H and O–H groups in total. The molecular formula is C35H56N6O10. The molecule has 2 saturated carbocycles. The van der Waals surface area contributed by atoms with Gasteiger partial charge >= 0.3 is 5.97 Å². The first-order chi connectivity index (χ1) is 24.1. The van der Waals surface area contributed by atoms with E-state index in [9.17, 15) is 30.8 Å². The van der Waals surface area contributed by atoms with Crippen LogP contribution >= 0.6 is 0 Å². The topological polar surface area (TPSA) is 242 Å². The van der Waals surface area contributed by atoms with E-state index in [4.69, 9.17) is 29.2 Å². The van der Waals surface area contributed by atoms with Crippen LogP contribution in [0.3, 0.4) is 0 Å². The molecule has 2 aliphatic carbocycles. The number of rotatable bonds is 12. The highest BCUT2D eigenvalue weighted by molar-refractivity contribution is 5.85. The molecule has 2 saturated heterocycles. The average molecular weight is 721 g/mol. The molecule has 0 aromatic carbocycles. The molecule has 14 atom stereocenters. The number of carbonyl (C=O) groups excluding carboxylic acids is 1. The summed E-state index contributed by atoms with van der Waals surface area (Å²) in [5.41, 5.74) is 17.9. The molecule has 3 aliphatic heterocycles. The molecule has 0 bridgehead atoms. The lowest BCUT2D eigenvalue weighted by Crippen LogP contribution is -2.63. The van der Waals surface area contributed by atoms with Crippen molar-refractivity contribution in [1.82, 2.24) is 0 Å². The molecule has 16 nitrogen and oxygen atoms in total. The van der Waals surface area contributed by atoms with Crippen molar-refractivity contribution in [1.29, 1.82) is 0 Å². The number of aliphatic hydroxyl groups excluding tert-OH is 3. The van der Waals surface area contributed by atoms with Gasteiger partial charge in [-0.1, -0.05) is 37.4 Å². The van der Waals surface area contributed by atoms with Crippen molar-refractivity contribution in [3.8, 4) is 0 Å². The van der Waals surface area contributed by atoms with E-state index in [2.05, 4.69) is 40.8 Å². The predicted octanol–water partition coefficient (Wildman–Crippen LogP) is 4.72. The maximum atomic E-state index is 11.9. The van der Waals surface area contributed by atoms with E-state index in [-0.39, 0.29) is 28.8 Å². The number of hydrogen-bond donors (Lipinski definition) is 4. The van der Waals surface area contributed by atoms with Crippen LogP contribution in [0, 0.1) is 22.7 Å². The number of aliphatic hydroxyl groups is 4. The summed E-state index contributed by atoms with van der Waals surface area (Å²) in [7, 11) is 0. The molecule has 0 aromatic rings. The number of azide groups is 2. The maximum absolute atomic E-state index is 11.9. The quantitative estimate of drug-likeness (QED) is 0.0935. The standard InChI is InChI=1S/C35H56N6O10/c1-7-21(8-14-34(5)23(11-15-35(34,6)46)20-16-24(42)47-17-20)33(4)12-9-22(10-13-33)50-32-29(45)30(26(39-41-37)19(3)49-32)51-31-28(44)27(43)25(38-40-36)18(2)48-31/h16,18-19,21-23,25-32,43-46H,7-15,17H2,1-6H3/t18?,19?,21?,22?,23-,25?,26?,27+,28+,29+,30+,31?,32?,33?,34?,35-/m1/s1. The van der Waals surface area contributed by atoms with Gasteiger partial charge in [-0.05, 0) is 106 Å². The highest BCUT2D eigenvalue weighted by atomic mass is 16.7. The second-order valence-electron chi connectivity index (χ2n) is 16.1. The molecule has 4 fully saturated rings. The minimum atomic E-state index is -1.61. The monoisotopic (exact) mass is 720 g/mol. The SMILES string of the molecule is CCC(CCC1(C)[C@@H](C2=CC(=O)OC2)CC[C@@]1(C)O)C1(C)CCC(OC2OC(C)C(N=[N+]=[N-])[C@H](OC3OC(C)C(N=[N+]=[N-])[C@H](O)[C@@H]3O)[C@@H]2O)CC1. The Kier molecular flexibility index (Phi) is 12.3. The van der Waals surface area contributed by atoms with Crippen molar-refractivity contribution >= 4 is 5.97 Å². The van der Waals surface area contributed by atoms with Crippen LogP contribution in [0.2, 0.25) is 0 Å². The molecule has 51 heavy (non-hydrogen) atoms. The summed E-state index contributed by atoms with van der Waals surface area (Å²) in [5, 5.41) is 51.7. The van der Waals surface area contributed by atoms with Crippen molar-refractivity contribution < 1.29 is 48.9 Å². The lowest BCUT2D eigenvalue weighted by atomic mass is 9.60. The van der Waals surface area contributed by atoms with Gasteiger partial charge in [-0.2, -0.15) is 0 Å². The molecule has 3 heterocycles. The van der Waals surface area contributed by atoms with E-state index in [0.717, 1.165) is 56.9 Å². The van der Waals surface area contributed by atoms with Gasteiger partial charge in [0.25, 0.3) is 0 Å². The third-order valence-electron chi connectivity index (χ3n) is 13.2. The fourth-order valence-corrected chi connectivity index (χ4v) is 9.53. The minimum Gasteiger partial charge on any atom is -0.458 e. The summed E-state index contributed by atoms with van der Waals surface area (Å²) in [5.74, 6) is 0.198. The van der Waals surface area contributed by atoms with Crippen LogP contribution in [0.15, 0.2) is 21.9 Å². The fraction of sp³-hybridized carbons (Fsp3) is 0.914. The van der Waals surface area contributed by atoms with Crippen molar-refractivity contribution in [3.05, 3.63) is 32.5 Å². The lowest BCUT2D eigenvalue weighted by molar-refractivity contribution is -0.336. The van der Waals surface area contributed by atoms with Crippen LogP contribution < -0.4 is 0 Å². The summed E-state index contributed by atoms with van der Waals surface area (Å²) < 4.78 is 29.4.